The Morgan fingerprint density at radius 3 is 2.25 bits per heavy atom. The first kappa shape index (κ1) is 15.2. The van der Waals surface area contributed by atoms with E-state index in [1.54, 1.807) is 0 Å². The molecule has 20 heavy (non-hydrogen) atoms. The fourth-order valence-corrected chi connectivity index (χ4v) is 3.76. The van der Waals surface area contributed by atoms with Gasteiger partial charge in [0.2, 0.25) is 0 Å². The average molecular weight is 274 g/mol. The number of nitrogens with zero attached hydrogens (tertiary/aromatic N) is 1. The Morgan fingerprint density at radius 2 is 1.70 bits per heavy atom. The standard InChI is InChI=1S/C18H28NO/c1-14-12-19(6,13-15-10-8-7-9-11-15)18(4,5)17(2,3)16(14)20/h7-11,14H,12-13H2,1-6H3/q+1. The Kier molecular flexibility index (Phi) is 3.58. The second-order valence-corrected chi connectivity index (χ2v) is 7.67. The van der Waals surface area contributed by atoms with Gasteiger partial charge in [0.05, 0.1) is 24.9 Å². The molecule has 1 aliphatic heterocycles. The van der Waals surface area contributed by atoms with E-state index in [1.807, 2.05) is 0 Å². The zero-order valence-electron chi connectivity index (χ0n) is 13.7. The van der Waals surface area contributed by atoms with E-state index >= 15 is 0 Å². The number of Topliss-reactive ketones (excluding diaryl/α,β-unsaturated/α-hetero) is 1. The predicted molar refractivity (Wildman–Crippen MR) is 83.2 cm³/mol. The van der Waals surface area contributed by atoms with Gasteiger partial charge >= 0.3 is 0 Å². The van der Waals surface area contributed by atoms with Gasteiger partial charge in [-0.15, -0.1) is 0 Å². The summed E-state index contributed by atoms with van der Waals surface area (Å²) in [6.07, 6.45) is 0. The van der Waals surface area contributed by atoms with Gasteiger partial charge in [-0.3, -0.25) is 4.79 Å². The lowest BCUT2D eigenvalue weighted by Crippen LogP contribution is -2.72. The number of quaternary nitrogens is 1. The molecule has 1 aliphatic rings. The van der Waals surface area contributed by atoms with E-state index in [-0.39, 0.29) is 16.9 Å². The molecule has 2 rings (SSSR count). The van der Waals surface area contributed by atoms with Crippen LogP contribution in [0.25, 0.3) is 0 Å². The molecule has 110 valence electrons. The molecule has 1 fully saturated rings. The molecule has 2 atom stereocenters. The summed E-state index contributed by atoms with van der Waals surface area (Å²) in [5.41, 5.74) is 0.973. The van der Waals surface area contributed by atoms with Gasteiger partial charge in [0.1, 0.15) is 12.1 Å². The molecule has 2 heteroatoms. The Morgan fingerprint density at radius 1 is 1.15 bits per heavy atom. The second kappa shape index (κ2) is 4.70. The van der Waals surface area contributed by atoms with Gasteiger partial charge in [-0.25, -0.2) is 0 Å². The van der Waals surface area contributed by atoms with Crippen LogP contribution < -0.4 is 0 Å². The summed E-state index contributed by atoms with van der Waals surface area (Å²) in [4.78, 5) is 12.6. The van der Waals surface area contributed by atoms with Crippen LogP contribution in [0.15, 0.2) is 30.3 Å². The summed E-state index contributed by atoms with van der Waals surface area (Å²) >= 11 is 0. The third kappa shape index (κ3) is 2.10. The first-order chi connectivity index (χ1) is 9.12. The van der Waals surface area contributed by atoms with E-state index in [4.69, 9.17) is 0 Å². The molecule has 0 amide bonds. The lowest BCUT2D eigenvalue weighted by Gasteiger charge is -2.59. The van der Waals surface area contributed by atoms with Crippen molar-refractivity contribution in [3.05, 3.63) is 35.9 Å². The van der Waals surface area contributed by atoms with Crippen LogP contribution in [0.1, 0.15) is 40.2 Å². The van der Waals surface area contributed by atoms with Crippen LogP contribution in [0.3, 0.4) is 0 Å². The Hall–Kier alpha value is -1.15. The third-order valence-corrected chi connectivity index (χ3v) is 5.99. The maximum atomic E-state index is 12.6. The van der Waals surface area contributed by atoms with Gasteiger partial charge < -0.3 is 4.48 Å². The normalized spacial score (nSPS) is 32.1. The molecule has 1 saturated heterocycles. The van der Waals surface area contributed by atoms with Gasteiger partial charge in [-0.2, -0.15) is 0 Å². The fourth-order valence-electron chi connectivity index (χ4n) is 3.76. The average Bonchev–Trinajstić information content (AvgIpc) is 2.37. The van der Waals surface area contributed by atoms with Crippen molar-refractivity contribution in [2.75, 3.05) is 13.6 Å². The third-order valence-electron chi connectivity index (χ3n) is 5.99. The molecule has 2 unspecified atom stereocenters. The van der Waals surface area contributed by atoms with Gasteiger partial charge in [0.15, 0.2) is 5.78 Å². The van der Waals surface area contributed by atoms with Crippen molar-refractivity contribution in [1.82, 2.24) is 0 Å². The van der Waals surface area contributed by atoms with E-state index < -0.39 is 0 Å². The van der Waals surface area contributed by atoms with Crippen molar-refractivity contribution < 1.29 is 9.28 Å². The summed E-state index contributed by atoms with van der Waals surface area (Å²) < 4.78 is 0.914. The highest BCUT2D eigenvalue weighted by atomic mass is 16.1. The number of piperidine rings is 1. The van der Waals surface area contributed by atoms with Crippen molar-refractivity contribution in [3.8, 4) is 0 Å². The van der Waals surface area contributed by atoms with Gasteiger partial charge in [0, 0.05) is 5.56 Å². The number of rotatable bonds is 2. The maximum absolute atomic E-state index is 12.6. The molecular weight excluding hydrogens is 246 g/mol. The second-order valence-electron chi connectivity index (χ2n) is 7.67. The predicted octanol–water partition coefficient (Wildman–Crippen LogP) is 3.66. The first-order valence-electron chi connectivity index (χ1n) is 7.55. The Bertz CT molecular complexity index is 503. The number of hydrogen-bond donors (Lipinski definition) is 0. The van der Waals surface area contributed by atoms with E-state index in [0.717, 1.165) is 17.6 Å². The number of benzene rings is 1. The number of carbonyl (C=O) groups excluding carboxylic acids is 1. The van der Waals surface area contributed by atoms with Crippen LogP contribution in [0.2, 0.25) is 0 Å². The topological polar surface area (TPSA) is 17.1 Å². The molecule has 1 aromatic rings. The maximum Gasteiger partial charge on any atom is 0.153 e. The van der Waals surface area contributed by atoms with Crippen LogP contribution in [0, 0.1) is 11.3 Å². The van der Waals surface area contributed by atoms with E-state index in [0.29, 0.717) is 5.78 Å². The van der Waals surface area contributed by atoms with Crippen LogP contribution in [0.5, 0.6) is 0 Å². The van der Waals surface area contributed by atoms with E-state index in [2.05, 4.69) is 72.0 Å². The molecule has 0 bridgehead atoms. The quantitative estimate of drug-likeness (QED) is 0.752. The highest BCUT2D eigenvalue weighted by Crippen LogP contribution is 2.47. The summed E-state index contributed by atoms with van der Waals surface area (Å²) in [6, 6.07) is 10.6. The summed E-state index contributed by atoms with van der Waals surface area (Å²) in [5, 5.41) is 0. The molecule has 0 spiro atoms. The van der Waals surface area contributed by atoms with Crippen molar-refractivity contribution in [2.24, 2.45) is 11.3 Å². The SMILES string of the molecule is CC1C[N+](C)(Cc2ccccc2)C(C)(C)C(C)(C)C1=O. The molecule has 0 saturated carbocycles. The van der Waals surface area contributed by atoms with Gasteiger partial charge in [-0.05, 0) is 27.7 Å². The minimum Gasteiger partial charge on any atom is -0.317 e. The molecule has 1 heterocycles. The van der Waals surface area contributed by atoms with Gasteiger partial charge in [0.25, 0.3) is 0 Å². The fraction of sp³-hybridized carbons (Fsp3) is 0.611. The first-order valence-corrected chi connectivity index (χ1v) is 7.55. The van der Waals surface area contributed by atoms with Crippen molar-refractivity contribution in [3.63, 3.8) is 0 Å². The number of likely N-dealkylation sites (tertiary alicyclic amines) is 1. The van der Waals surface area contributed by atoms with Crippen molar-refractivity contribution in [1.29, 1.82) is 0 Å². The van der Waals surface area contributed by atoms with Crippen molar-refractivity contribution in [2.45, 2.75) is 46.7 Å². The van der Waals surface area contributed by atoms with Crippen molar-refractivity contribution >= 4 is 5.78 Å². The van der Waals surface area contributed by atoms with Crippen LogP contribution >= 0.6 is 0 Å². The minimum atomic E-state index is -0.297. The smallest absolute Gasteiger partial charge is 0.153 e. The largest absolute Gasteiger partial charge is 0.317 e. The molecule has 0 N–H and O–H groups in total. The Balaban J connectivity index is 2.41. The molecular formula is C18H28NO+. The Labute approximate surface area is 123 Å². The minimum absolute atomic E-state index is 0.0769. The molecule has 0 aliphatic carbocycles. The summed E-state index contributed by atoms with van der Waals surface area (Å²) in [5.74, 6) is 0.540. The number of ketones is 1. The van der Waals surface area contributed by atoms with E-state index in [1.165, 1.54) is 5.56 Å². The number of hydrogen-bond acceptors (Lipinski definition) is 1. The molecule has 2 nitrogen and oxygen atoms in total. The lowest BCUT2D eigenvalue weighted by atomic mass is 9.63. The molecule has 1 aromatic carbocycles. The van der Waals surface area contributed by atoms with Crippen LogP contribution in [-0.4, -0.2) is 29.4 Å². The molecule has 0 radical (unpaired) electrons. The van der Waals surface area contributed by atoms with E-state index in [9.17, 15) is 4.79 Å². The van der Waals surface area contributed by atoms with Gasteiger partial charge in [-0.1, -0.05) is 37.3 Å². The molecule has 0 aromatic heterocycles. The zero-order chi connectivity index (χ0) is 15.2. The highest BCUT2D eigenvalue weighted by Gasteiger charge is 2.60. The number of carbonyl (C=O) groups is 1. The summed E-state index contributed by atoms with van der Waals surface area (Å²) in [7, 11) is 2.30. The summed E-state index contributed by atoms with van der Waals surface area (Å²) in [6.45, 7) is 12.7. The lowest BCUT2D eigenvalue weighted by molar-refractivity contribution is -0.979. The van der Waals surface area contributed by atoms with Crippen LogP contribution in [-0.2, 0) is 11.3 Å². The zero-order valence-corrected chi connectivity index (χ0v) is 13.7. The monoisotopic (exact) mass is 274 g/mol. The van der Waals surface area contributed by atoms with Crippen LogP contribution in [0.4, 0.5) is 0 Å². The highest BCUT2D eigenvalue weighted by molar-refractivity contribution is 5.88.